The van der Waals surface area contributed by atoms with Crippen LogP contribution >= 0.6 is 21.6 Å². The molecule has 176 valence electrons. The molecular formula is C22H30N2O6S2. The van der Waals surface area contributed by atoms with Crippen molar-refractivity contribution in [2.45, 2.75) is 78.4 Å². The van der Waals surface area contributed by atoms with Crippen LogP contribution in [-0.4, -0.2) is 32.5 Å². The molecule has 2 aromatic heterocycles. The minimum absolute atomic E-state index is 0.114. The summed E-state index contributed by atoms with van der Waals surface area (Å²) in [7, 11) is 3.71. The van der Waals surface area contributed by atoms with Gasteiger partial charge in [0.15, 0.2) is 0 Å². The summed E-state index contributed by atoms with van der Waals surface area (Å²) in [5.74, 6) is 1.44. The zero-order valence-corrected chi connectivity index (χ0v) is 20.3. The highest BCUT2D eigenvalue weighted by Crippen LogP contribution is 2.24. The van der Waals surface area contributed by atoms with Crippen LogP contribution in [0.5, 0.6) is 0 Å². The predicted octanol–water partition coefficient (Wildman–Crippen LogP) is 3.42. The summed E-state index contributed by atoms with van der Waals surface area (Å²) in [5, 5.41) is 0. The normalized spacial score (nSPS) is 18.7. The van der Waals surface area contributed by atoms with Crippen molar-refractivity contribution in [3.05, 3.63) is 43.2 Å². The van der Waals surface area contributed by atoms with Crippen molar-refractivity contribution in [3.63, 3.8) is 0 Å². The summed E-state index contributed by atoms with van der Waals surface area (Å²) in [6.07, 6.45) is 6.18. The van der Waals surface area contributed by atoms with Crippen molar-refractivity contribution >= 4 is 33.5 Å². The zero-order valence-electron chi connectivity index (χ0n) is 18.6. The molecule has 3 heterocycles. The summed E-state index contributed by atoms with van der Waals surface area (Å²) in [6.45, 7) is 2.98. The number of nitrogens with zero attached hydrogens (tertiary/aromatic N) is 2. The van der Waals surface area contributed by atoms with Gasteiger partial charge >= 0.3 is 11.9 Å². The van der Waals surface area contributed by atoms with Crippen molar-refractivity contribution in [1.29, 1.82) is 0 Å². The first-order valence-electron chi connectivity index (χ1n) is 11.1. The van der Waals surface area contributed by atoms with Gasteiger partial charge in [-0.3, -0.25) is 19.2 Å². The Hall–Kier alpha value is -1.94. The van der Waals surface area contributed by atoms with Crippen LogP contribution in [-0.2, 0) is 32.3 Å². The molecule has 0 saturated carbocycles. The lowest BCUT2D eigenvalue weighted by Gasteiger charge is -2.09. The number of rotatable bonds is 0. The monoisotopic (exact) mass is 482 g/mol. The molecule has 10 heteroatoms. The van der Waals surface area contributed by atoms with Crippen LogP contribution in [0.15, 0.2) is 9.59 Å². The van der Waals surface area contributed by atoms with Gasteiger partial charge in [0, 0.05) is 35.5 Å². The number of hydrogen-bond acceptors (Lipinski definition) is 8. The molecule has 0 saturated heterocycles. The Bertz CT molecular complexity index is 982. The first-order chi connectivity index (χ1) is 15.4. The Morgan fingerprint density at radius 3 is 1.50 bits per heavy atom. The Kier molecular flexibility index (Phi) is 9.10. The highest BCUT2D eigenvalue weighted by Gasteiger charge is 2.24. The molecule has 0 N–H and O–H groups in total. The molecule has 0 atom stereocenters. The summed E-state index contributed by atoms with van der Waals surface area (Å²) < 4.78 is 13.3. The van der Waals surface area contributed by atoms with E-state index in [1.807, 2.05) is 21.6 Å². The maximum Gasteiger partial charge on any atom is 0.306 e. The van der Waals surface area contributed by atoms with E-state index < -0.39 is 11.1 Å². The Morgan fingerprint density at radius 1 is 0.625 bits per heavy atom. The van der Waals surface area contributed by atoms with E-state index >= 15 is 0 Å². The molecular weight excluding hydrogens is 452 g/mol. The summed E-state index contributed by atoms with van der Waals surface area (Å²) in [4.78, 5) is 49.7. The van der Waals surface area contributed by atoms with Crippen LogP contribution in [0.1, 0.15) is 73.9 Å². The number of hydrogen-bond donors (Lipinski definition) is 0. The Labute approximate surface area is 194 Å². The maximum atomic E-state index is 12.7. The first kappa shape index (κ1) is 24.7. The number of carbonyl (C=O) groups excluding carboxylic acids is 2. The molecule has 0 aliphatic carbocycles. The molecule has 8 nitrogen and oxygen atoms in total. The van der Waals surface area contributed by atoms with Crippen LogP contribution in [0.25, 0.3) is 0 Å². The van der Waals surface area contributed by atoms with Gasteiger partial charge in [0.2, 0.25) is 0 Å². The van der Waals surface area contributed by atoms with E-state index in [-0.39, 0.29) is 25.2 Å². The van der Waals surface area contributed by atoms with E-state index in [9.17, 15) is 19.2 Å². The smallest absolute Gasteiger partial charge is 0.306 e. The minimum Gasteiger partial charge on any atom is -0.459 e. The summed E-state index contributed by atoms with van der Waals surface area (Å²) in [5.41, 5.74) is 0.640. The molecule has 1 aliphatic heterocycles. The van der Waals surface area contributed by atoms with Crippen molar-refractivity contribution in [1.82, 2.24) is 9.03 Å². The predicted molar refractivity (Wildman–Crippen MR) is 125 cm³/mol. The lowest BCUT2D eigenvalue weighted by molar-refractivity contribution is -0.145. The third-order valence-corrected chi connectivity index (χ3v) is 8.22. The fraction of sp³-hybridized carbons (Fsp3) is 0.636. The number of carbonyl (C=O) groups is 2. The van der Waals surface area contributed by atoms with Crippen molar-refractivity contribution in [3.8, 4) is 0 Å². The van der Waals surface area contributed by atoms with Gasteiger partial charge in [-0.05, 0) is 39.5 Å². The van der Waals surface area contributed by atoms with E-state index in [0.717, 1.165) is 54.5 Å². The van der Waals surface area contributed by atoms with E-state index in [4.69, 9.17) is 9.47 Å². The summed E-state index contributed by atoms with van der Waals surface area (Å²) in [6, 6.07) is 0. The van der Waals surface area contributed by atoms with E-state index in [1.165, 1.54) is 4.52 Å². The van der Waals surface area contributed by atoms with E-state index in [0.29, 0.717) is 35.4 Å². The number of ether oxygens (including phenoxy) is 2. The van der Waals surface area contributed by atoms with Crippen LogP contribution in [0.3, 0.4) is 0 Å². The van der Waals surface area contributed by atoms with Crippen LogP contribution in [0.2, 0.25) is 0 Å². The highest BCUT2D eigenvalue weighted by molar-refractivity contribution is 8.76. The number of aromatic nitrogens is 2. The molecule has 0 spiro atoms. The fourth-order valence-corrected chi connectivity index (χ4v) is 5.97. The quantitative estimate of drug-likeness (QED) is 0.416. The molecule has 3 rings (SSSR count). The topological polar surface area (TPSA) is 95.6 Å². The molecule has 0 bridgehead atoms. The third kappa shape index (κ3) is 5.89. The largest absolute Gasteiger partial charge is 0.459 e. The zero-order chi connectivity index (χ0) is 23.1. The van der Waals surface area contributed by atoms with Gasteiger partial charge in [0.1, 0.15) is 13.2 Å². The molecule has 0 fully saturated rings. The van der Waals surface area contributed by atoms with Gasteiger partial charge in [-0.1, -0.05) is 34.4 Å². The maximum absolute atomic E-state index is 12.7. The van der Waals surface area contributed by atoms with Crippen molar-refractivity contribution in [2.75, 3.05) is 11.5 Å². The molecule has 32 heavy (non-hydrogen) atoms. The second-order valence-corrected chi connectivity index (χ2v) is 10.7. The molecule has 2 aromatic rings. The molecule has 1 aliphatic rings. The number of esters is 2. The number of cyclic esters (lactones) is 2. The van der Waals surface area contributed by atoms with Crippen LogP contribution in [0.4, 0.5) is 0 Å². The highest BCUT2D eigenvalue weighted by atomic mass is 33.1. The molecule has 0 radical (unpaired) electrons. The lowest BCUT2D eigenvalue weighted by Crippen LogP contribution is -2.23. The molecule has 0 amide bonds. The van der Waals surface area contributed by atoms with Gasteiger partial charge in [0.05, 0.1) is 11.4 Å². The van der Waals surface area contributed by atoms with Crippen molar-refractivity contribution in [2.24, 2.45) is 0 Å². The average Bonchev–Trinajstić information content (AvgIpc) is 3.16. The second kappa shape index (κ2) is 11.8. The van der Waals surface area contributed by atoms with Crippen molar-refractivity contribution < 1.29 is 19.1 Å². The standard InChI is InChI=1S/C22H30N2O6S2/c1-15-17-13-29-19(25)9-5-3-7-11-31-32-12-8-4-6-10-20(26)30-14-18-16(2)22(28)24(21(15)27)23(17)18/h3-14H2,1-2H3. The lowest BCUT2D eigenvalue weighted by atomic mass is 10.2. The van der Waals surface area contributed by atoms with E-state index in [1.54, 1.807) is 13.8 Å². The van der Waals surface area contributed by atoms with Gasteiger partial charge in [0.25, 0.3) is 11.1 Å². The third-order valence-electron chi connectivity index (χ3n) is 5.64. The molecule has 0 aromatic carbocycles. The fourth-order valence-electron chi connectivity index (χ4n) is 3.67. The van der Waals surface area contributed by atoms with E-state index in [2.05, 4.69) is 0 Å². The Morgan fingerprint density at radius 2 is 1.06 bits per heavy atom. The van der Waals surface area contributed by atoms with Gasteiger partial charge in [-0.25, -0.2) is 4.52 Å². The van der Waals surface area contributed by atoms with Crippen LogP contribution < -0.4 is 11.1 Å². The summed E-state index contributed by atoms with van der Waals surface area (Å²) >= 11 is 0. The van der Waals surface area contributed by atoms with Gasteiger partial charge in [-0.15, -0.1) is 0 Å². The SMILES string of the molecule is Cc1c2n3c(c(C)c(=O)n3c1=O)COC(=O)CCCCCSSCCCCCC(=O)OC2. The van der Waals surface area contributed by atoms with Crippen LogP contribution in [0, 0.1) is 13.8 Å². The van der Waals surface area contributed by atoms with Gasteiger partial charge < -0.3 is 9.47 Å². The minimum atomic E-state index is -0.452. The van der Waals surface area contributed by atoms with Gasteiger partial charge in [-0.2, -0.15) is 4.52 Å². The Balaban J connectivity index is 1.82. The second-order valence-electron chi connectivity index (χ2n) is 7.96. The first-order valence-corrected chi connectivity index (χ1v) is 13.5. The molecule has 0 unspecified atom stereocenters. The average molecular weight is 483 g/mol.